The summed E-state index contributed by atoms with van der Waals surface area (Å²) in [7, 11) is 0. The van der Waals surface area contributed by atoms with Gasteiger partial charge in [-0.3, -0.25) is 9.59 Å². The molecule has 2 aromatic rings. The van der Waals surface area contributed by atoms with E-state index in [1.807, 2.05) is 32.0 Å². The number of ether oxygens (including phenoxy) is 2. The van der Waals surface area contributed by atoms with Gasteiger partial charge in [0.2, 0.25) is 11.8 Å². The number of nitrogens with one attached hydrogen (secondary N) is 2. The number of rotatable bonds is 4. The molecule has 1 aliphatic heterocycles. The van der Waals surface area contributed by atoms with Crippen LogP contribution in [0.2, 0.25) is 0 Å². The van der Waals surface area contributed by atoms with E-state index in [0.717, 1.165) is 11.1 Å². The first-order chi connectivity index (χ1) is 12.0. The molecule has 0 fully saturated rings. The first-order valence-electron chi connectivity index (χ1n) is 8.07. The Morgan fingerprint density at radius 1 is 0.840 bits per heavy atom. The highest BCUT2D eigenvalue weighted by molar-refractivity contribution is 6.08. The van der Waals surface area contributed by atoms with Gasteiger partial charge in [-0.25, -0.2) is 0 Å². The van der Waals surface area contributed by atoms with E-state index in [2.05, 4.69) is 10.6 Å². The Morgan fingerprint density at radius 2 is 1.44 bits per heavy atom. The van der Waals surface area contributed by atoms with E-state index in [1.54, 1.807) is 18.2 Å². The molecule has 6 heteroatoms. The minimum absolute atomic E-state index is 0.262. The van der Waals surface area contributed by atoms with E-state index < -0.39 is 5.91 Å². The van der Waals surface area contributed by atoms with Gasteiger partial charge in [-0.2, -0.15) is 0 Å². The van der Waals surface area contributed by atoms with Crippen LogP contribution in [-0.2, 0) is 9.59 Å². The van der Waals surface area contributed by atoms with Gasteiger partial charge in [0.1, 0.15) is 19.6 Å². The Bertz CT molecular complexity index is 797. The van der Waals surface area contributed by atoms with Gasteiger partial charge in [-0.05, 0) is 49.2 Å². The zero-order valence-electron chi connectivity index (χ0n) is 14.2. The van der Waals surface area contributed by atoms with Gasteiger partial charge in [-0.15, -0.1) is 0 Å². The quantitative estimate of drug-likeness (QED) is 0.839. The van der Waals surface area contributed by atoms with Crippen molar-refractivity contribution in [2.24, 2.45) is 0 Å². The van der Waals surface area contributed by atoms with Crippen molar-refractivity contribution in [1.29, 1.82) is 0 Å². The largest absolute Gasteiger partial charge is 0.486 e. The molecule has 1 aliphatic rings. The molecule has 0 radical (unpaired) electrons. The number of aryl methyl sites for hydroxylation is 2. The van der Waals surface area contributed by atoms with Gasteiger partial charge in [-0.1, -0.05) is 6.07 Å². The molecule has 25 heavy (non-hydrogen) atoms. The van der Waals surface area contributed by atoms with Gasteiger partial charge in [0.15, 0.2) is 11.5 Å². The van der Waals surface area contributed by atoms with Gasteiger partial charge >= 0.3 is 0 Å². The Labute approximate surface area is 146 Å². The predicted octanol–water partition coefficient (Wildman–Crippen LogP) is 3.04. The van der Waals surface area contributed by atoms with Crippen LogP contribution in [-0.4, -0.2) is 25.0 Å². The number of carbonyl (C=O) groups is 2. The van der Waals surface area contributed by atoms with Crippen LogP contribution >= 0.6 is 0 Å². The van der Waals surface area contributed by atoms with Crippen molar-refractivity contribution in [2.75, 3.05) is 23.8 Å². The maximum Gasteiger partial charge on any atom is 0.233 e. The number of benzene rings is 2. The fraction of sp³-hybridized carbons (Fsp3) is 0.263. The molecule has 2 amide bonds. The maximum absolute atomic E-state index is 12.1. The van der Waals surface area contributed by atoms with Crippen LogP contribution in [0.5, 0.6) is 11.5 Å². The zero-order valence-corrected chi connectivity index (χ0v) is 14.2. The number of hydrogen-bond acceptors (Lipinski definition) is 4. The minimum Gasteiger partial charge on any atom is -0.486 e. The van der Waals surface area contributed by atoms with Crippen molar-refractivity contribution < 1.29 is 19.1 Å². The highest BCUT2D eigenvalue weighted by Gasteiger charge is 2.14. The fourth-order valence-electron chi connectivity index (χ4n) is 2.72. The van der Waals surface area contributed by atoms with Crippen LogP contribution in [0.3, 0.4) is 0 Å². The third-order valence-electron chi connectivity index (χ3n) is 3.65. The molecule has 3 rings (SSSR count). The second-order valence-electron chi connectivity index (χ2n) is 6.01. The lowest BCUT2D eigenvalue weighted by atomic mass is 10.1. The summed E-state index contributed by atoms with van der Waals surface area (Å²) in [5.74, 6) is 0.485. The van der Waals surface area contributed by atoms with Crippen molar-refractivity contribution in [3.63, 3.8) is 0 Å². The molecule has 2 aromatic carbocycles. The molecule has 130 valence electrons. The molecule has 0 aromatic heterocycles. The monoisotopic (exact) mass is 340 g/mol. The van der Waals surface area contributed by atoms with E-state index in [-0.39, 0.29) is 12.3 Å². The second kappa shape index (κ2) is 7.25. The van der Waals surface area contributed by atoms with Crippen molar-refractivity contribution in [2.45, 2.75) is 20.3 Å². The third kappa shape index (κ3) is 4.50. The van der Waals surface area contributed by atoms with E-state index in [4.69, 9.17) is 9.47 Å². The number of amides is 2. The summed E-state index contributed by atoms with van der Waals surface area (Å²) in [5.41, 5.74) is 3.36. The van der Waals surface area contributed by atoms with Gasteiger partial charge in [0.05, 0.1) is 0 Å². The van der Waals surface area contributed by atoms with Crippen molar-refractivity contribution in [3.8, 4) is 11.5 Å². The molecular formula is C19H20N2O4. The smallest absolute Gasteiger partial charge is 0.233 e. The lowest BCUT2D eigenvalue weighted by Crippen LogP contribution is -2.22. The van der Waals surface area contributed by atoms with E-state index in [1.165, 1.54) is 0 Å². The third-order valence-corrected chi connectivity index (χ3v) is 3.65. The van der Waals surface area contributed by atoms with Crippen LogP contribution in [0.25, 0.3) is 0 Å². The maximum atomic E-state index is 12.1. The molecule has 0 bridgehead atoms. The summed E-state index contributed by atoms with van der Waals surface area (Å²) in [4.78, 5) is 24.1. The molecule has 0 unspecified atom stereocenters. The molecule has 0 saturated carbocycles. The van der Waals surface area contributed by atoms with E-state index >= 15 is 0 Å². The highest BCUT2D eigenvalue weighted by Crippen LogP contribution is 2.32. The topological polar surface area (TPSA) is 76.7 Å². The molecule has 0 atom stereocenters. The highest BCUT2D eigenvalue weighted by atomic mass is 16.6. The summed E-state index contributed by atoms with van der Waals surface area (Å²) in [5, 5.41) is 5.44. The molecule has 0 saturated heterocycles. The number of hydrogen-bond donors (Lipinski definition) is 2. The first kappa shape index (κ1) is 16.8. The normalized spacial score (nSPS) is 12.4. The number of carbonyl (C=O) groups excluding carboxylic acids is 2. The lowest BCUT2D eigenvalue weighted by molar-refractivity contribution is -0.123. The number of fused-ring (bicyclic) bond motifs is 1. The van der Waals surface area contributed by atoms with Crippen molar-refractivity contribution in [3.05, 3.63) is 47.5 Å². The first-order valence-corrected chi connectivity index (χ1v) is 8.07. The van der Waals surface area contributed by atoms with Crippen molar-refractivity contribution in [1.82, 2.24) is 0 Å². The van der Waals surface area contributed by atoms with Gasteiger partial charge in [0, 0.05) is 17.4 Å². The zero-order chi connectivity index (χ0) is 17.8. The Morgan fingerprint density at radius 3 is 2.12 bits per heavy atom. The van der Waals surface area contributed by atoms with Gasteiger partial charge < -0.3 is 20.1 Å². The van der Waals surface area contributed by atoms with Gasteiger partial charge in [0.25, 0.3) is 0 Å². The molecule has 2 N–H and O–H groups in total. The van der Waals surface area contributed by atoms with Crippen LogP contribution in [0.4, 0.5) is 11.4 Å². The van der Waals surface area contributed by atoms with Crippen LogP contribution in [0.1, 0.15) is 17.5 Å². The van der Waals surface area contributed by atoms with Crippen LogP contribution < -0.4 is 20.1 Å². The Hall–Kier alpha value is -3.02. The predicted molar refractivity (Wildman–Crippen MR) is 95.2 cm³/mol. The number of anilines is 2. The van der Waals surface area contributed by atoms with E-state index in [0.29, 0.717) is 36.1 Å². The molecule has 0 spiro atoms. The summed E-state index contributed by atoms with van der Waals surface area (Å²) in [6, 6.07) is 10.9. The average Bonchev–Trinajstić information content (AvgIpc) is 2.53. The summed E-state index contributed by atoms with van der Waals surface area (Å²) >= 11 is 0. The average molecular weight is 340 g/mol. The second-order valence-corrected chi connectivity index (χ2v) is 6.01. The molecule has 6 nitrogen and oxygen atoms in total. The SMILES string of the molecule is Cc1cc(C)cc(NC(=O)CC(=O)Nc2ccc3c(c2)OCCO3)c1. The summed E-state index contributed by atoms with van der Waals surface area (Å²) < 4.78 is 10.9. The Kier molecular flexibility index (Phi) is 4.88. The van der Waals surface area contributed by atoms with Crippen LogP contribution in [0.15, 0.2) is 36.4 Å². The Balaban J connectivity index is 1.57. The molecule has 0 aliphatic carbocycles. The van der Waals surface area contributed by atoms with Crippen LogP contribution in [0, 0.1) is 13.8 Å². The lowest BCUT2D eigenvalue weighted by Gasteiger charge is -2.19. The summed E-state index contributed by atoms with van der Waals surface area (Å²) in [6.07, 6.45) is -0.262. The molecular weight excluding hydrogens is 320 g/mol. The summed E-state index contributed by atoms with van der Waals surface area (Å²) in [6.45, 7) is 4.90. The van der Waals surface area contributed by atoms with Crippen molar-refractivity contribution >= 4 is 23.2 Å². The van der Waals surface area contributed by atoms with E-state index in [9.17, 15) is 9.59 Å². The fourth-order valence-corrected chi connectivity index (χ4v) is 2.72. The standard InChI is InChI=1S/C19H20N2O4/c1-12-7-13(2)9-15(8-12)21-19(23)11-18(22)20-14-3-4-16-17(10-14)25-6-5-24-16/h3-4,7-10H,5-6,11H2,1-2H3,(H,20,22)(H,21,23). The molecule has 1 heterocycles. The minimum atomic E-state index is -0.390.